The number of H-pyrrole nitrogens is 1. The highest BCUT2D eigenvalue weighted by atomic mass is 35.5. The Labute approximate surface area is 110 Å². The number of pyridine rings is 1. The van der Waals surface area contributed by atoms with Gasteiger partial charge in [-0.1, -0.05) is 18.5 Å². The Hall–Kier alpha value is -1.48. The third kappa shape index (κ3) is 1.54. The number of benzene rings is 1. The number of halogens is 1. The zero-order chi connectivity index (χ0) is 12.9. The number of nitrogens with zero attached hydrogens (tertiary/aromatic N) is 1. The minimum atomic E-state index is -0.148. The molecule has 1 atom stereocenters. The molecule has 2 heterocycles. The summed E-state index contributed by atoms with van der Waals surface area (Å²) in [5.41, 5.74) is 3.18. The van der Waals surface area contributed by atoms with Gasteiger partial charge in [0.05, 0.1) is 10.5 Å². The first kappa shape index (κ1) is 11.6. The van der Waals surface area contributed by atoms with E-state index in [1.165, 1.54) is 17.3 Å². The van der Waals surface area contributed by atoms with Crippen LogP contribution in [0.5, 0.6) is 0 Å². The van der Waals surface area contributed by atoms with Gasteiger partial charge in [0.1, 0.15) is 0 Å². The molecule has 0 spiro atoms. The van der Waals surface area contributed by atoms with Gasteiger partial charge < -0.3 is 9.88 Å². The number of fused-ring (bicyclic) bond motifs is 3. The van der Waals surface area contributed by atoms with Gasteiger partial charge in [-0.3, -0.25) is 4.79 Å². The molecule has 0 fully saturated rings. The van der Waals surface area contributed by atoms with Gasteiger partial charge in [0, 0.05) is 36.1 Å². The fourth-order valence-electron chi connectivity index (χ4n) is 2.92. The van der Waals surface area contributed by atoms with Gasteiger partial charge >= 0.3 is 0 Å². The molecule has 0 saturated heterocycles. The minimum absolute atomic E-state index is 0.148. The number of hydrogen-bond donors (Lipinski definition) is 1. The van der Waals surface area contributed by atoms with Gasteiger partial charge in [0.25, 0.3) is 0 Å². The molecule has 1 unspecified atom stereocenters. The zero-order valence-electron chi connectivity index (χ0n) is 10.5. The lowest BCUT2D eigenvalue weighted by molar-refractivity contribution is 0.765. The van der Waals surface area contributed by atoms with E-state index in [1.54, 1.807) is 0 Å². The van der Waals surface area contributed by atoms with Gasteiger partial charge in [-0.2, -0.15) is 0 Å². The van der Waals surface area contributed by atoms with Gasteiger partial charge in [-0.05, 0) is 24.6 Å². The van der Waals surface area contributed by atoms with E-state index < -0.39 is 0 Å². The molecule has 4 heteroatoms. The number of rotatable bonds is 1. The molecule has 0 bridgehead atoms. The molecule has 3 rings (SSSR count). The van der Waals surface area contributed by atoms with E-state index in [-0.39, 0.29) is 5.56 Å². The second kappa shape index (κ2) is 4.02. The third-order valence-electron chi connectivity index (χ3n) is 3.69. The lowest BCUT2D eigenvalue weighted by Gasteiger charge is -2.16. The fraction of sp³-hybridized carbons (Fsp3) is 0.357. The van der Waals surface area contributed by atoms with Crippen LogP contribution in [0.1, 0.15) is 25.3 Å². The van der Waals surface area contributed by atoms with Crippen molar-refractivity contribution in [2.75, 3.05) is 18.0 Å². The monoisotopic (exact) mass is 262 g/mol. The lowest BCUT2D eigenvalue weighted by atomic mass is 9.98. The van der Waals surface area contributed by atoms with Crippen LogP contribution in [0.2, 0.25) is 5.02 Å². The van der Waals surface area contributed by atoms with Crippen molar-refractivity contribution in [1.29, 1.82) is 0 Å². The van der Waals surface area contributed by atoms with Crippen LogP contribution in [0, 0.1) is 0 Å². The molecular weight excluding hydrogens is 248 g/mol. The zero-order valence-corrected chi connectivity index (χ0v) is 11.2. The number of aromatic amines is 1. The second-order valence-electron chi connectivity index (χ2n) is 4.84. The summed E-state index contributed by atoms with van der Waals surface area (Å²) in [5.74, 6) is 0.437. The van der Waals surface area contributed by atoms with E-state index in [1.807, 2.05) is 6.07 Å². The van der Waals surface area contributed by atoms with Gasteiger partial charge in [0.2, 0.25) is 5.56 Å². The Morgan fingerprint density at radius 3 is 3.00 bits per heavy atom. The predicted octanol–water partition coefficient (Wildman–Crippen LogP) is 3.12. The SMILES string of the molecule is CCN1CC(C)c2c1ccc1[nH]c(=O)cc(Cl)c21. The van der Waals surface area contributed by atoms with Gasteiger partial charge in [-0.25, -0.2) is 0 Å². The quantitative estimate of drug-likeness (QED) is 0.857. The topological polar surface area (TPSA) is 36.1 Å². The molecule has 0 radical (unpaired) electrons. The summed E-state index contributed by atoms with van der Waals surface area (Å²) >= 11 is 6.26. The number of likely N-dealkylation sites (N-methyl/N-ethyl adjacent to an activating group) is 1. The Bertz CT molecular complexity index is 677. The molecule has 94 valence electrons. The summed E-state index contributed by atoms with van der Waals surface area (Å²) in [6, 6.07) is 5.49. The van der Waals surface area contributed by atoms with Crippen molar-refractivity contribution in [3.63, 3.8) is 0 Å². The van der Waals surface area contributed by atoms with Crippen molar-refractivity contribution < 1.29 is 0 Å². The molecular formula is C14H15ClN2O. The summed E-state index contributed by atoms with van der Waals surface area (Å²) in [4.78, 5) is 16.7. The van der Waals surface area contributed by atoms with Crippen LogP contribution in [0.3, 0.4) is 0 Å². The van der Waals surface area contributed by atoms with Crippen LogP contribution >= 0.6 is 11.6 Å². The first-order chi connectivity index (χ1) is 8.61. The summed E-state index contributed by atoms with van der Waals surface area (Å²) in [6.45, 7) is 6.36. The molecule has 0 saturated carbocycles. The van der Waals surface area contributed by atoms with Gasteiger partial charge in [0.15, 0.2) is 0 Å². The average molecular weight is 263 g/mol. The largest absolute Gasteiger partial charge is 0.371 e. The minimum Gasteiger partial charge on any atom is -0.371 e. The Balaban J connectivity index is 2.40. The maximum Gasteiger partial charge on any atom is 0.249 e. The summed E-state index contributed by atoms with van der Waals surface area (Å²) in [5, 5.41) is 1.55. The molecule has 3 nitrogen and oxygen atoms in total. The third-order valence-corrected chi connectivity index (χ3v) is 3.98. The van der Waals surface area contributed by atoms with Crippen molar-refractivity contribution >= 4 is 28.2 Å². The van der Waals surface area contributed by atoms with Crippen LogP contribution in [-0.4, -0.2) is 18.1 Å². The lowest BCUT2D eigenvalue weighted by Crippen LogP contribution is -2.20. The first-order valence-corrected chi connectivity index (χ1v) is 6.60. The van der Waals surface area contributed by atoms with Crippen molar-refractivity contribution in [2.45, 2.75) is 19.8 Å². The Morgan fingerprint density at radius 2 is 2.28 bits per heavy atom. The van der Waals surface area contributed by atoms with Crippen molar-refractivity contribution in [2.24, 2.45) is 0 Å². The van der Waals surface area contributed by atoms with E-state index in [0.717, 1.165) is 24.0 Å². The molecule has 1 N–H and O–H groups in total. The van der Waals surface area contributed by atoms with E-state index >= 15 is 0 Å². The highest BCUT2D eigenvalue weighted by Gasteiger charge is 2.27. The molecule has 1 aliphatic rings. The highest BCUT2D eigenvalue weighted by Crippen LogP contribution is 2.42. The summed E-state index contributed by atoms with van der Waals surface area (Å²) in [7, 11) is 0. The van der Waals surface area contributed by atoms with Crippen LogP contribution in [0.4, 0.5) is 5.69 Å². The average Bonchev–Trinajstić information content (AvgIpc) is 2.65. The predicted molar refractivity (Wildman–Crippen MR) is 75.9 cm³/mol. The molecule has 1 aromatic carbocycles. The standard InChI is InChI=1S/C14H15ClN2O/c1-3-17-7-8(2)13-11(17)5-4-10-14(13)9(15)6-12(18)16-10/h4-6,8H,3,7H2,1-2H3,(H,16,18). The molecule has 2 aromatic rings. The number of aromatic nitrogens is 1. The first-order valence-electron chi connectivity index (χ1n) is 6.22. The Morgan fingerprint density at radius 1 is 1.50 bits per heavy atom. The molecule has 0 amide bonds. The normalized spacial score (nSPS) is 18.4. The van der Waals surface area contributed by atoms with Crippen molar-refractivity contribution in [3.05, 3.63) is 39.1 Å². The van der Waals surface area contributed by atoms with E-state index in [2.05, 4.69) is 29.8 Å². The van der Waals surface area contributed by atoms with Crippen LogP contribution < -0.4 is 10.5 Å². The van der Waals surface area contributed by atoms with E-state index in [9.17, 15) is 4.79 Å². The summed E-state index contributed by atoms with van der Waals surface area (Å²) < 4.78 is 0. The van der Waals surface area contributed by atoms with Crippen molar-refractivity contribution in [1.82, 2.24) is 4.98 Å². The van der Waals surface area contributed by atoms with E-state index in [4.69, 9.17) is 11.6 Å². The molecule has 1 aromatic heterocycles. The summed E-state index contributed by atoms with van der Waals surface area (Å²) in [6.07, 6.45) is 0. The van der Waals surface area contributed by atoms with Crippen LogP contribution in [0.25, 0.3) is 10.9 Å². The van der Waals surface area contributed by atoms with Gasteiger partial charge in [-0.15, -0.1) is 0 Å². The van der Waals surface area contributed by atoms with Crippen LogP contribution in [0.15, 0.2) is 23.0 Å². The smallest absolute Gasteiger partial charge is 0.249 e. The number of hydrogen-bond acceptors (Lipinski definition) is 2. The molecule has 18 heavy (non-hydrogen) atoms. The maximum atomic E-state index is 11.5. The van der Waals surface area contributed by atoms with E-state index in [0.29, 0.717) is 10.9 Å². The molecule has 1 aliphatic heterocycles. The number of nitrogens with one attached hydrogen (secondary N) is 1. The Kier molecular flexibility index (Phi) is 2.59. The maximum absolute atomic E-state index is 11.5. The number of anilines is 1. The van der Waals surface area contributed by atoms with Crippen LogP contribution in [-0.2, 0) is 0 Å². The highest BCUT2D eigenvalue weighted by molar-refractivity contribution is 6.35. The fourth-order valence-corrected chi connectivity index (χ4v) is 3.22. The van der Waals surface area contributed by atoms with Crippen molar-refractivity contribution in [3.8, 4) is 0 Å². The second-order valence-corrected chi connectivity index (χ2v) is 5.25. The molecule has 0 aliphatic carbocycles.